The molecule has 2 aromatic rings. The van der Waals surface area contributed by atoms with Crippen molar-refractivity contribution in [2.45, 2.75) is 37.4 Å². The van der Waals surface area contributed by atoms with Crippen LogP contribution in [0.5, 0.6) is 0 Å². The van der Waals surface area contributed by atoms with Crippen molar-refractivity contribution in [3.63, 3.8) is 0 Å². The van der Waals surface area contributed by atoms with Gasteiger partial charge in [0.2, 0.25) is 0 Å². The monoisotopic (exact) mass is 326 g/mol. The minimum absolute atomic E-state index is 0.399. The minimum atomic E-state index is 0.399. The Labute approximate surface area is 131 Å². The van der Waals surface area contributed by atoms with Crippen LogP contribution in [0.1, 0.15) is 37.7 Å². The lowest BCUT2D eigenvalue weighted by Gasteiger charge is -2.34. The first-order valence-corrected chi connectivity index (χ1v) is 8.33. The second-order valence-electron chi connectivity index (χ2n) is 6.21. The van der Waals surface area contributed by atoms with Crippen molar-refractivity contribution in [3.05, 3.63) is 58.6 Å². The zero-order chi connectivity index (χ0) is 14.0. The molecule has 0 aromatic heterocycles. The summed E-state index contributed by atoms with van der Waals surface area (Å²) in [5.74, 6) is 0. The van der Waals surface area contributed by atoms with Gasteiger partial charge in [0, 0.05) is 4.47 Å². The molecule has 0 unspecified atom stereocenters. The van der Waals surface area contributed by atoms with E-state index in [2.05, 4.69) is 72.3 Å². The van der Waals surface area contributed by atoms with Crippen LogP contribution in [0.15, 0.2) is 53.0 Å². The molecule has 0 radical (unpaired) electrons. The van der Waals surface area contributed by atoms with Crippen molar-refractivity contribution in [1.29, 1.82) is 0 Å². The Kier molecular flexibility index (Phi) is 4.02. The highest BCUT2D eigenvalue weighted by atomic mass is 79.9. The molecule has 0 atom stereocenters. The lowest BCUT2D eigenvalue weighted by atomic mass is 9.57. The summed E-state index contributed by atoms with van der Waals surface area (Å²) in [6.07, 6.45) is 6.84. The number of halogens is 1. The van der Waals surface area contributed by atoms with E-state index in [0.717, 1.165) is 4.47 Å². The highest BCUT2D eigenvalue weighted by Crippen LogP contribution is 2.37. The van der Waals surface area contributed by atoms with Gasteiger partial charge in [-0.2, -0.15) is 0 Å². The summed E-state index contributed by atoms with van der Waals surface area (Å²) >= 11 is 3.49. The fourth-order valence-electron chi connectivity index (χ4n) is 3.33. The Hall–Kier alpha value is -1.02. The average Bonchev–Trinajstić information content (AvgIpc) is 2.49. The van der Waals surface area contributed by atoms with Crippen LogP contribution in [0.2, 0.25) is 0 Å². The number of hydrogen-bond donors (Lipinski definition) is 0. The Bertz CT molecular complexity index is 565. The van der Waals surface area contributed by atoms with Crippen LogP contribution in [-0.4, -0.2) is 7.85 Å². The lowest BCUT2D eigenvalue weighted by Crippen LogP contribution is -2.29. The van der Waals surface area contributed by atoms with E-state index in [0.29, 0.717) is 5.31 Å². The van der Waals surface area contributed by atoms with Gasteiger partial charge in [0.05, 0.1) is 0 Å². The molecule has 102 valence electrons. The van der Waals surface area contributed by atoms with E-state index in [-0.39, 0.29) is 0 Å². The van der Waals surface area contributed by atoms with Crippen LogP contribution < -0.4 is 0 Å². The van der Waals surface area contributed by atoms with Gasteiger partial charge >= 0.3 is 0 Å². The van der Waals surface area contributed by atoms with Gasteiger partial charge < -0.3 is 0 Å². The summed E-state index contributed by atoms with van der Waals surface area (Å²) in [7, 11) is 2.43. The molecule has 3 rings (SSSR count). The Morgan fingerprint density at radius 1 is 0.750 bits per heavy atom. The van der Waals surface area contributed by atoms with E-state index < -0.39 is 0 Å². The molecule has 0 bridgehead atoms. The third kappa shape index (κ3) is 2.86. The quantitative estimate of drug-likeness (QED) is 0.688. The largest absolute Gasteiger partial charge is 0.115 e. The molecule has 1 fully saturated rings. The van der Waals surface area contributed by atoms with Crippen LogP contribution in [0, 0.1) is 0 Å². The summed E-state index contributed by atoms with van der Waals surface area (Å²) < 4.78 is 1.13. The molecule has 0 N–H and O–H groups in total. The second kappa shape index (κ2) is 5.77. The molecule has 0 amide bonds. The van der Waals surface area contributed by atoms with Crippen molar-refractivity contribution in [2.75, 3.05) is 0 Å². The minimum Gasteiger partial charge on any atom is -0.0586 e. The smallest absolute Gasteiger partial charge is 0.0586 e. The maximum absolute atomic E-state index is 3.49. The van der Waals surface area contributed by atoms with Crippen molar-refractivity contribution in [3.8, 4) is 11.1 Å². The molecule has 0 nitrogen and oxygen atoms in total. The van der Waals surface area contributed by atoms with Crippen LogP contribution >= 0.6 is 15.9 Å². The third-order valence-electron chi connectivity index (χ3n) is 4.72. The highest BCUT2D eigenvalue weighted by molar-refractivity contribution is 9.10. The summed E-state index contributed by atoms with van der Waals surface area (Å²) in [6, 6.07) is 17.8. The van der Waals surface area contributed by atoms with Crippen molar-refractivity contribution in [1.82, 2.24) is 0 Å². The number of rotatable bonds is 2. The first kappa shape index (κ1) is 13.9. The Morgan fingerprint density at radius 2 is 1.25 bits per heavy atom. The standard InChI is InChI=1S/C18H20BBr/c19-18(12-2-1-3-13-18)16-8-4-14(5-9-16)15-6-10-17(20)11-7-15/h4-11H,1-3,12-13,19H2. The Morgan fingerprint density at radius 3 is 1.80 bits per heavy atom. The highest BCUT2D eigenvalue weighted by Gasteiger charge is 2.28. The SMILES string of the molecule is BC1(c2ccc(-c3ccc(Br)cc3)cc2)CCCCC1. The first-order chi connectivity index (χ1) is 9.67. The molecular weight excluding hydrogens is 307 g/mol. The van der Waals surface area contributed by atoms with E-state index in [1.165, 1.54) is 48.8 Å². The van der Waals surface area contributed by atoms with Gasteiger partial charge in [-0.1, -0.05) is 84.4 Å². The zero-order valence-electron chi connectivity index (χ0n) is 12.0. The fourth-order valence-corrected chi connectivity index (χ4v) is 3.59. The zero-order valence-corrected chi connectivity index (χ0v) is 13.6. The van der Waals surface area contributed by atoms with E-state index in [4.69, 9.17) is 0 Å². The van der Waals surface area contributed by atoms with Crippen LogP contribution in [0.25, 0.3) is 11.1 Å². The van der Waals surface area contributed by atoms with Gasteiger partial charge in [-0.3, -0.25) is 0 Å². The van der Waals surface area contributed by atoms with Crippen LogP contribution in [0.4, 0.5) is 0 Å². The molecule has 1 aliphatic rings. The topological polar surface area (TPSA) is 0 Å². The van der Waals surface area contributed by atoms with Gasteiger partial charge in [-0.15, -0.1) is 0 Å². The molecule has 0 heterocycles. The van der Waals surface area contributed by atoms with Gasteiger partial charge in [0.25, 0.3) is 0 Å². The number of benzene rings is 2. The van der Waals surface area contributed by atoms with Gasteiger partial charge in [0.15, 0.2) is 0 Å². The summed E-state index contributed by atoms with van der Waals surface area (Å²) in [6.45, 7) is 0. The fraction of sp³-hybridized carbons (Fsp3) is 0.333. The van der Waals surface area contributed by atoms with E-state index in [9.17, 15) is 0 Å². The normalized spacial score (nSPS) is 17.9. The van der Waals surface area contributed by atoms with Crippen molar-refractivity contribution in [2.24, 2.45) is 0 Å². The van der Waals surface area contributed by atoms with Gasteiger partial charge in [0.1, 0.15) is 7.85 Å². The molecule has 0 aliphatic heterocycles. The predicted octanol–water partition coefficient (Wildman–Crippen LogP) is 4.91. The summed E-state index contributed by atoms with van der Waals surface area (Å²) in [4.78, 5) is 0. The molecule has 20 heavy (non-hydrogen) atoms. The first-order valence-electron chi connectivity index (χ1n) is 7.54. The van der Waals surface area contributed by atoms with Crippen LogP contribution in [-0.2, 0) is 5.31 Å². The molecular formula is C18H20BBr. The third-order valence-corrected chi connectivity index (χ3v) is 5.25. The van der Waals surface area contributed by atoms with E-state index in [1.54, 1.807) is 0 Å². The lowest BCUT2D eigenvalue weighted by molar-refractivity contribution is 0.398. The molecule has 1 saturated carbocycles. The molecule has 0 saturated heterocycles. The van der Waals surface area contributed by atoms with Gasteiger partial charge in [-0.05, 0) is 34.1 Å². The Balaban J connectivity index is 1.85. The van der Waals surface area contributed by atoms with Crippen molar-refractivity contribution < 1.29 is 0 Å². The van der Waals surface area contributed by atoms with E-state index in [1.807, 2.05) is 0 Å². The molecule has 2 aromatic carbocycles. The maximum Gasteiger partial charge on any atom is 0.115 e. The second-order valence-corrected chi connectivity index (χ2v) is 7.12. The van der Waals surface area contributed by atoms with Crippen LogP contribution in [0.3, 0.4) is 0 Å². The molecule has 0 spiro atoms. The maximum atomic E-state index is 3.49. The van der Waals surface area contributed by atoms with Crippen molar-refractivity contribution >= 4 is 23.8 Å². The average molecular weight is 327 g/mol. The predicted molar refractivity (Wildman–Crippen MR) is 92.9 cm³/mol. The van der Waals surface area contributed by atoms with E-state index >= 15 is 0 Å². The summed E-state index contributed by atoms with van der Waals surface area (Å²) in [5, 5.41) is 0.399. The summed E-state index contributed by atoms with van der Waals surface area (Å²) in [5.41, 5.74) is 4.10. The molecule has 2 heteroatoms. The molecule has 1 aliphatic carbocycles. The van der Waals surface area contributed by atoms with Gasteiger partial charge in [-0.25, -0.2) is 0 Å². The number of hydrogen-bond acceptors (Lipinski definition) is 0.